The number of halogens is 1. The van der Waals surface area contributed by atoms with Crippen LogP contribution in [-0.2, 0) is 21.2 Å². The van der Waals surface area contributed by atoms with Gasteiger partial charge in [-0.1, -0.05) is 5.21 Å². The Morgan fingerprint density at radius 3 is 2.68 bits per heavy atom. The van der Waals surface area contributed by atoms with Crippen molar-refractivity contribution in [3.63, 3.8) is 0 Å². The van der Waals surface area contributed by atoms with Crippen LogP contribution in [0.15, 0.2) is 24.4 Å². The van der Waals surface area contributed by atoms with Gasteiger partial charge in [0.2, 0.25) is 5.91 Å². The normalized spacial score (nSPS) is 16.6. The molecule has 0 saturated carbocycles. The van der Waals surface area contributed by atoms with Crippen LogP contribution in [0.5, 0.6) is 0 Å². The molecule has 0 aliphatic carbocycles. The van der Waals surface area contributed by atoms with Gasteiger partial charge in [-0.3, -0.25) is 4.79 Å². The highest BCUT2D eigenvalue weighted by Gasteiger charge is 2.23. The zero-order chi connectivity index (χ0) is 18.0. The van der Waals surface area contributed by atoms with Gasteiger partial charge in [0, 0.05) is 26.1 Å². The zero-order valence-electron chi connectivity index (χ0n) is 13.6. The molecule has 0 atom stereocenters. The quantitative estimate of drug-likeness (QED) is 0.834. The number of amides is 1. The fourth-order valence-corrected chi connectivity index (χ4v) is 3.77. The minimum absolute atomic E-state index is 0.0315. The third-order valence-corrected chi connectivity index (χ3v) is 5.55. The predicted octanol–water partition coefficient (Wildman–Crippen LogP) is 0.277. The molecule has 0 radical (unpaired) electrons. The average molecular weight is 367 g/mol. The summed E-state index contributed by atoms with van der Waals surface area (Å²) in [6, 6.07) is 4.63. The highest BCUT2D eigenvalue weighted by atomic mass is 32.2. The molecule has 1 aromatic heterocycles. The maximum Gasteiger partial charge on any atom is 0.217 e. The van der Waals surface area contributed by atoms with Crippen LogP contribution in [-0.4, -0.2) is 53.9 Å². The number of hydrogen-bond donors (Lipinski definition) is 1. The maximum atomic E-state index is 14.5. The fourth-order valence-electron chi connectivity index (χ4n) is 2.57. The molecule has 1 fully saturated rings. The Balaban J connectivity index is 1.75. The van der Waals surface area contributed by atoms with E-state index in [2.05, 4.69) is 15.6 Å². The largest absolute Gasteiger partial charge is 0.367 e. The lowest BCUT2D eigenvalue weighted by Gasteiger charge is -2.29. The van der Waals surface area contributed by atoms with Gasteiger partial charge in [0.25, 0.3) is 0 Å². The lowest BCUT2D eigenvalue weighted by molar-refractivity contribution is -0.119. The van der Waals surface area contributed by atoms with Crippen molar-refractivity contribution in [3.05, 3.63) is 35.9 Å². The molecule has 2 heterocycles. The van der Waals surface area contributed by atoms with Crippen LogP contribution < -0.4 is 10.2 Å². The molecule has 3 rings (SSSR count). The van der Waals surface area contributed by atoms with Crippen LogP contribution in [0.25, 0.3) is 5.69 Å². The van der Waals surface area contributed by atoms with E-state index >= 15 is 0 Å². The Morgan fingerprint density at radius 1 is 1.32 bits per heavy atom. The molecule has 1 aliphatic rings. The minimum atomic E-state index is -3.01. The Bertz CT molecular complexity index is 882. The Labute approximate surface area is 144 Å². The number of anilines is 1. The first-order chi connectivity index (χ1) is 11.8. The van der Waals surface area contributed by atoms with E-state index in [4.69, 9.17) is 0 Å². The van der Waals surface area contributed by atoms with Crippen LogP contribution >= 0.6 is 0 Å². The van der Waals surface area contributed by atoms with E-state index in [0.29, 0.717) is 17.1 Å². The van der Waals surface area contributed by atoms with Gasteiger partial charge in [-0.15, -0.1) is 5.10 Å². The summed E-state index contributed by atoms with van der Waals surface area (Å²) in [6.45, 7) is 2.22. The van der Waals surface area contributed by atoms with Crippen molar-refractivity contribution < 1.29 is 17.6 Å². The molecule has 1 aromatic carbocycles. The maximum absolute atomic E-state index is 14.5. The summed E-state index contributed by atoms with van der Waals surface area (Å²) in [5, 5.41) is 10.5. The SMILES string of the molecule is CC(=O)NCc1cn(-c2ccc(N3CCS(=O)(=O)CC3)c(F)c2)nn1. The van der Waals surface area contributed by atoms with Crippen molar-refractivity contribution in [1.82, 2.24) is 20.3 Å². The molecule has 0 bridgehead atoms. The van der Waals surface area contributed by atoms with Crippen LogP contribution in [0.1, 0.15) is 12.6 Å². The van der Waals surface area contributed by atoms with E-state index in [9.17, 15) is 17.6 Å². The summed E-state index contributed by atoms with van der Waals surface area (Å²) < 4.78 is 38.9. The zero-order valence-corrected chi connectivity index (χ0v) is 14.5. The minimum Gasteiger partial charge on any atom is -0.367 e. The summed E-state index contributed by atoms with van der Waals surface area (Å²) in [7, 11) is -3.01. The summed E-state index contributed by atoms with van der Waals surface area (Å²) in [6.07, 6.45) is 1.61. The molecule has 25 heavy (non-hydrogen) atoms. The van der Waals surface area contributed by atoms with Crippen LogP contribution in [0.4, 0.5) is 10.1 Å². The van der Waals surface area contributed by atoms with E-state index in [0.717, 1.165) is 0 Å². The molecule has 134 valence electrons. The first-order valence-corrected chi connectivity index (χ1v) is 9.57. The smallest absolute Gasteiger partial charge is 0.217 e. The van der Waals surface area contributed by atoms with Crippen LogP contribution in [0.2, 0.25) is 0 Å². The summed E-state index contributed by atoms with van der Waals surface area (Å²) >= 11 is 0. The second-order valence-corrected chi connectivity index (χ2v) is 8.14. The van der Waals surface area contributed by atoms with E-state index < -0.39 is 15.7 Å². The number of aromatic nitrogens is 3. The first kappa shape index (κ1) is 17.3. The molecule has 1 amide bonds. The topological polar surface area (TPSA) is 97.2 Å². The van der Waals surface area contributed by atoms with E-state index in [1.54, 1.807) is 23.2 Å². The molecular formula is C15H18FN5O3S. The molecule has 0 spiro atoms. The van der Waals surface area contributed by atoms with Gasteiger partial charge in [0.05, 0.1) is 35.6 Å². The third-order valence-electron chi connectivity index (χ3n) is 3.94. The molecule has 10 heteroatoms. The standard InChI is InChI=1S/C15H18FN5O3S/c1-11(22)17-9-12-10-21(19-18-12)13-2-3-15(14(16)8-13)20-4-6-25(23,24)7-5-20/h2-3,8,10H,4-7,9H2,1H3,(H,17,22). The molecule has 2 aromatic rings. The number of hydrogen-bond acceptors (Lipinski definition) is 6. The number of sulfone groups is 1. The van der Waals surface area contributed by atoms with E-state index in [1.807, 2.05) is 0 Å². The van der Waals surface area contributed by atoms with Gasteiger partial charge < -0.3 is 10.2 Å². The average Bonchev–Trinajstić information content (AvgIpc) is 3.02. The molecule has 1 aliphatic heterocycles. The van der Waals surface area contributed by atoms with E-state index in [1.165, 1.54) is 17.7 Å². The number of nitrogens with zero attached hydrogens (tertiary/aromatic N) is 4. The number of carbonyl (C=O) groups excluding carboxylic acids is 1. The van der Waals surface area contributed by atoms with Crippen LogP contribution in [0.3, 0.4) is 0 Å². The summed E-state index contributed by atoms with van der Waals surface area (Å²) in [5.74, 6) is -0.558. The van der Waals surface area contributed by atoms with Gasteiger partial charge in [-0.05, 0) is 12.1 Å². The van der Waals surface area contributed by atoms with Crippen molar-refractivity contribution in [2.75, 3.05) is 29.5 Å². The number of rotatable bonds is 4. The van der Waals surface area contributed by atoms with Crippen molar-refractivity contribution in [2.24, 2.45) is 0 Å². The summed E-state index contributed by atoms with van der Waals surface area (Å²) in [5.41, 5.74) is 1.42. The molecule has 8 nitrogen and oxygen atoms in total. The van der Waals surface area contributed by atoms with Gasteiger partial charge in [0.1, 0.15) is 11.5 Å². The number of nitrogens with one attached hydrogen (secondary N) is 1. The lowest BCUT2D eigenvalue weighted by Crippen LogP contribution is -2.40. The number of carbonyl (C=O) groups is 1. The Morgan fingerprint density at radius 2 is 2.04 bits per heavy atom. The predicted molar refractivity (Wildman–Crippen MR) is 89.7 cm³/mol. The monoisotopic (exact) mass is 367 g/mol. The second-order valence-electron chi connectivity index (χ2n) is 5.84. The van der Waals surface area contributed by atoms with Gasteiger partial charge >= 0.3 is 0 Å². The van der Waals surface area contributed by atoms with Gasteiger partial charge in [0.15, 0.2) is 9.84 Å². The van der Waals surface area contributed by atoms with Crippen molar-refractivity contribution in [3.8, 4) is 5.69 Å². The van der Waals surface area contributed by atoms with Gasteiger partial charge in [-0.2, -0.15) is 0 Å². The lowest BCUT2D eigenvalue weighted by atomic mass is 10.2. The highest BCUT2D eigenvalue weighted by molar-refractivity contribution is 7.91. The second kappa shape index (κ2) is 6.79. The Kier molecular flexibility index (Phi) is 4.71. The summed E-state index contributed by atoms with van der Waals surface area (Å²) in [4.78, 5) is 12.6. The molecule has 1 saturated heterocycles. The number of benzene rings is 1. The fraction of sp³-hybridized carbons (Fsp3) is 0.400. The highest BCUT2D eigenvalue weighted by Crippen LogP contribution is 2.23. The third kappa shape index (κ3) is 4.13. The molecule has 0 unspecified atom stereocenters. The first-order valence-electron chi connectivity index (χ1n) is 7.75. The van der Waals surface area contributed by atoms with E-state index in [-0.39, 0.29) is 37.0 Å². The van der Waals surface area contributed by atoms with Crippen molar-refractivity contribution in [2.45, 2.75) is 13.5 Å². The van der Waals surface area contributed by atoms with Crippen molar-refractivity contribution in [1.29, 1.82) is 0 Å². The Hall–Kier alpha value is -2.49. The van der Waals surface area contributed by atoms with Crippen LogP contribution in [0, 0.1) is 5.82 Å². The van der Waals surface area contributed by atoms with Gasteiger partial charge in [-0.25, -0.2) is 17.5 Å². The molecular weight excluding hydrogens is 349 g/mol. The van der Waals surface area contributed by atoms with Crippen molar-refractivity contribution >= 4 is 21.4 Å². The molecule has 1 N–H and O–H groups in total.